The number of anilines is 1. The first-order valence-corrected chi connectivity index (χ1v) is 10.7. The van der Waals surface area contributed by atoms with Crippen LogP contribution in [0.1, 0.15) is 36.5 Å². The highest BCUT2D eigenvalue weighted by Gasteiger charge is 2.28. The highest BCUT2D eigenvalue weighted by molar-refractivity contribution is 5.98. The SMILES string of the molecule is CCNC(=NCc1c(O)ccc2c1CCCC2)N1CCN(c2cnn(C)c2)C(=O)C1. The average molecular weight is 411 g/mol. The summed E-state index contributed by atoms with van der Waals surface area (Å²) < 4.78 is 1.70. The third kappa shape index (κ3) is 4.13. The molecule has 4 rings (SSSR count). The Labute approximate surface area is 177 Å². The van der Waals surface area contributed by atoms with Crippen molar-refractivity contribution in [2.75, 3.05) is 31.1 Å². The van der Waals surface area contributed by atoms with Gasteiger partial charge in [0.25, 0.3) is 0 Å². The Hall–Kier alpha value is -3.03. The van der Waals surface area contributed by atoms with Gasteiger partial charge in [-0.2, -0.15) is 5.10 Å². The highest BCUT2D eigenvalue weighted by atomic mass is 16.3. The van der Waals surface area contributed by atoms with Gasteiger partial charge in [0.1, 0.15) is 12.3 Å². The Kier molecular flexibility index (Phi) is 5.92. The number of hydrogen-bond acceptors (Lipinski definition) is 4. The number of guanidine groups is 1. The largest absolute Gasteiger partial charge is 0.508 e. The van der Waals surface area contributed by atoms with Crippen LogP contribution in [0.15, 0.2) is 29.5 Å². The summed E-state index contributed by atoms with van der Waals surface area (Å²) in [5, 5.41) is 17.9. The molecule has 2 aliphatic rings. The van der Waals surface area contributed by atoms with E-state index < -0.39 is 0 Å². The van der Waals surface area contributed by atoms with Crippen molar-refractivity contribution in [3.8, 4) is 5.75 Å². The number of aromatic hydroxyl groups is 1. The molecule has 160 valence electrons. The number of nitrogens with one attached hydrogen (secondary N) is 1. The lowest BCUT2D eigenvalue weighted by molar-refractivity contribution is -0.120. The van der Waals surface area contributed by atoms with Gasteiger partial charge in [0.2, 0.25) is 5.91 Å². The lowest BCUT2D eigenvalue weighted by atomic mass is 9.88. The topological polar surface area (TPSA) is 86.0 Å². The molecule has 1 aromatic heterocycles. The molecule has 2 N–H and O–H groups in total. The summed E-state index contributed by atoms with van der Waals surface area (Å²) >= 11 is 0. The molecule has 0 atom stereocenters. The van der Waals surface area contributed by atoms with Crippen molar-refractivity contribution in [1.82, 2.24) is 20.0 Å². The second-order valence-corrected chi connectivity index (χ2v) is 7.92. The van der Waals surface area contributed by atoms with Gasteiger partial charge in [-0.1, -0.05) is 6.07 Å². The van der Waals surface area contributed by atoms with Gasteiger partial charge in [0, 0.05) is 38.4 Å². The maximum atomic E-state index is 12.8. The number of phenolic OH excluding ortho intramolecular Hbond substituents is 1. The molecule has 30 heavy (non-hydrogen) atoms. The number of hydrogen-bond donors (Lipinski definition) is 2. The van der Waals surface area contributed by atoms with Crippen LogP contribution < -0.4 is 10.2 Å². The highest BCUT2D eigenvalue weighted by Crippen LogP contribution is 2.31. The first-order valence-electron chi connectivity index (χ1n) is 10.7. The summed E-state index contributed by atoms with van der Waals surface area (Å²) in [5.74, 6) is 1.05. The van der Waals surface area contributed by atoms with Crippen LogP contribution in [-0.2, 0) is 31.2 Å². The minimum Gasteiger partial charge on any atom is -0.508 e. The molecular formula is C22H30N6O2. The summed E-state index contributed by atoms with van der Waals surface area (Å²) in [5.41, 5.74) is 4.32. The number of nitrogens with zero attached hydrogens (tertiary/aromatic N) is 5. The van der Waals surface area contributed by atoms with Crippen LogP contribution in [-0.4, -0.2) is 57.8 Å². The van der Waals surface area contributed by atoms with E-state index in [2.05, 4.69) is 10.4 Å². The summed E-state index contributed by atoms with van der Waals surface area (Å²) in [6.07, 6.45) is 7.98. The van der Waals surface area contributed by atoms with Crippen molar-refractivity contribution in [2.24, 2.45) is 12.0 Å². The summed E-state index contributed by atoms with van der Waals surface area (Å²) in [6, 6.07) is 3.83. The lowest BCUT2D eigenvalue weighted by Gasteiger charge is -2.35. The van der Waals surface area contributed by atoms with Gasteiger partial charge in [-0.15, -0.1) is 0 Å². The molecule has 2 heterocycles. The zero-order valence-corrected chi connectivity index (χ0v) is 17.8. The molecule has 1 aliphatic heterocycles. The number of amides is 1. The Balaban J connectivity index is 1.51. The summed E-state index contributed by atoms with van der Waals surface area (Å²) in [7, 11) is 1.85. The van der Waals surface area contributed by atoms with Crippen LogP contribution in [0.25, 0.3) is 0 Å². The number of fused-ring (bicyclic) bond motifs is 1. The van der Waals surface area contributed by atoms with Crippen molar-refractivity contribution < 1.29 is 9.90 Å². The van der Waals surface area contributed by atoms with E-state index in [1.54, 1.807) is 21.8 Å². The predicted molar refractivity (Wildman–Crippen MR) is 117 cm³/mol. The molecule has 0 radical (unpaired) electrons. The fraction of sp³-hybridized carbons (Fsp3) is 0.500. The number of benzene rings is 1. The van der Waals surface area contributed by atoms with E-state index in [4.69, 9.17) is 4.99 Å². The molecule has 1 aromatic carbocycles. The molecule has 1 amide bonds. The predicted octanol–water partition coefficient (Wildman–Crippen LogP) is 1.82. The van der Waals surface area contributed by atoms with E-state index in [1.165, 1.54) is 17.5 Å². The number of carbonyl (C=O) groups is 1. The van der Waals surface area contributed by atoms with Gasteiger partial charge >= 0.3 is 0 Å². The minimum absolute atomic E-state index is 0.0276. The first kappa shape index (κ1) is 20.3. The Morgan fingerprint density at radius 2 is 2.10 bits per heavy atom. The second-order valence-electron chi connectivity index (χ2n) is 7.92. The maximum Gasteiger partial charge on any atom is 0.246 e. The fourth-order valence-electron chi connectivity index (χ4n) is 4.32. The van der Waals surface area contributed by atoms with Crippen LogP contribution in [0, 0.1) is 0 Å². The smallest absolute Gasteiger partial charge is 0.246 e. The molecule has 8 nitrogen and oxygen atoms in total. The molecule has 2 aromatic rings. The number of aromatic nitrogens is 2. The van der Waals surface area contributed by atoms with Crippen LogP contribution >= 0.6 is 0 Å². The van der Waals surface area contributed by atoms with E-state index in [1.807, 2.05) is 31.1 Å². The lowest BCUT2D eigenvalue weighted by Crippen LogP contribution is -2.55. The second kappa shape index (κ2) is 8.77. The van der Waals surface area contributed by atoms with Crippen LogP contribution in [0.2, 0.25) is 0 Å². The first-order chi connectivity index (χ1) is 14.6. The summed E-state index contributed by atoms with van der Waals surface area (Å²) in [6.45, 7) is 4.68. The van der Waals surface area contributed by atoms with Gasteiger partial charge in [-0.3, -0.25) is 9.48 Å². The number of piperazine rings is 1. The maximum absolute atomic E-state index is 12.8. The van der Waals surface area contributed by atoms with Gasteiger partial charge in [0.15, 0.2) is 5.96 Å². The molecular weight excluding hydrogens is 380 g/mol. The van der Waals surface area contributed by atoms with Gasteiger partial charge in [-0.25, -0.2) is 4.99 Å². The van der Waals surface area contributed by atoms with Crippen molar-refractivity contribution >= 4 is 17.6 Å². The number of phenols is 1. The Bertz CT molecular complexity index is 951. The molecule has 1 aliphatic carbocycles. The van der Waals surface area contributed by atoms with Gasteiger partial charge in [0.05, 0.1) is 18.4 Å². The van der Waals surface area contributed by atoms with Crippen molar-refractivity contribution in [1.29, 1.82) is 0 Å². The van der Waals surface area contributed by atoms with E-state index in [-0.39, 0.29) is 12.5 Å². The Morgan fingerprint density at radius 1 is 1.27 bits per heavy atom. The third-order valence-corrected chi connectivity index (χ3v) is 5.87. The molecule has 0 spiro atoms. The van der Waals surface area contributed by atoms with Gasteiger partial charge < -0.3 is 20.2 Å². The quantitative estimate of drug-likeness (QED) is 0.593. The summed E-state index contributed by atoms with van der Waals surface area (Å²) in [4.78, 5) is 21.3. The van der Waals surface area contributed by atoms with Crippen molar-refractivity contribution in [3.63, 3.8) is 0 Å². The molecule has 0 saturated carbocycles. The van der Waals surface area contributed by atoms with E-state index in [9.17, 15) is 9.90 Å². The zero-order chi connectivity index (χ0) is 21.1. The molecule has 8 heteroatoms. The van der Waals surface area contributed by atoms with Crippen molar-refractivity contribution in [3.05, 3.63) is 41.2 Å². The van der Waals surface area contributed by atoms with Crippen molar-refractivity contribution in [2.45, 2.75) is 39.2 Å². The number of aryl methyl sites for hydroxylation is 2. The molecule has 1 fully saturated rings. The van der Waals surface area contributed by atoms with Crippen LogP contribution in [0.3, 0.4) is 0 Å². The normalized spacial score (nSPS) is 17.3. The minimum atomic E-state index is 0.0276. The zero-order valence-electron chi connectivity index (χ0n) is 17.8. The number of rotatable bonds is 4. The standard InChI is InChI=1S/C22H30N6O2/c1-3-23-22(24-13-19-18-7-5-4-6-16(18)8-9-20(19)29)27-10-11-28(21(30)15-27)17-12-25-26(2)14-17/h8-9,12,14,29H,3-7,10-11,13,15H2,1-2H3,(H,23,24). The number of carbonyl (C=O) groups excluding carboxylic acids is 1. The average Bonchev–Trinajstić information content (AvgIpc) is 3.18. The van der Waals surface area contributed by atoms with Crippen LogP contribution in [0.4, 0.5) is 5.69 Å². The molecule has 0 bridgehead atoms. The number of aliphatic imine (C=N–C) groups is 1. The van der Waals surface area contributed by atoms with E-state index in [0.29, 0.717) is 37.9 Å². The van der Waals surface area contributed by atoms with Crippen LogP contribution in [0.5, 0.6) is 5.75 Å². The van der Waals surface area contributed by atoms with E-state index >= 15 is 0 Å². The monoisotopic (exact) mass is 410 g/mol. The molecule has 0 unspecified atom stereocenters. The Morgan fingerprint density at radius 3 is 2.83 bits per heavy atom. The van der Waals surface area contributed by atoms with Gasteiger partial charge in [-0.05, 0) is 49.8 Å². The molecule has 1 saturated heterocycles. The third-order valence-electron chi connectivity index (χ3n) is 5.87. The van der Waals surface area contributed by atoms with E-state index in [0.717, 1.165) is 30.5 Å². The fourth-order valence-corrected chi connectivity index (χ4v) is 4.32.